The average molecular weight is 264 g/mol. The van der Waals surface area contributed by atoms with Crippen LogP contribution in [-0.4, -0.2) is 11.1 Å². The van der Waals surface area contributed by atoms with Crippen molar-refractivity contribution >= 4 is 5.97 Å². The third-order valence-corrected chi connectivity index (χ3v) is 2.68. The first-order valence-corrected chi connectivity index (χ1v) is 5.73. The fourth-order valence-corrected chi connectivity index (χ4v) is 1.64. The van der Waals surface area contributed by atoms with Crippen molar-refractivity contribution in [2.24, 2.45) is 0 Å². The van der Waals surface area contributed by atoms with Crippen LogP contribution in [0.15, 0.2) is 34.7 Å². The molecule has 0 saturated carbocycles. The minimum atomic E-state index is -1.13. The Bertz CT molecular complexity index is 603. The van der Waals surface area contributed by atoms with Crippen molar-refractivity contribution in [3.63, 3.8) is 0 Å². The van der Waals surface area contributed by atoms with Gasteiger partial charge in [0.1, 0.15) is 17.3 Å². The van der Waals surface area contributed by atoms with E-state index in [-0.39, 0.29) is 11.6 Å². The first-order chi connectivity index (χ1) is 8.97. The van der Waals surface area contributed by atoms with Gasteiger partial charge < -0.3 is 14.3 Å². The van der Waals surface area contributed by atoms with E-state index in [9.17, 15) is 9.18 Å². The molecule has 0 saturated heterocycles. The van der Waals surface area contributed by atoms with E-state index >= 15 is 0 Å². The number of halogens is 1. The minimum Gasteiger partial charge on any atom is -0.483 e. The summed E-state index contributed by atoms with van der Waals surface area (Å²) in [5.41, 5.74) is 0.482. The second-order valence-electron chi connectivity index (χ2n) is 4.18. The largest absolute Gasteiger partial charge is 0.483 e. The van der Waals surface area contributed by atoms with E-state index in [1.54, 1.807) is 26.0 Å². The molecule has 1 aromatic carbocycles. The fourth-order valence-electron chi connectivity index (χ4n) is 1.64. The molecular weight excluding hydrogens is 251 g/mol. The first kappa shape index (κ1) is 13.1. The molecule has 1 atom stereocenters. The fraction of sp³-hybridized carbons (Fsp3) is 0.214. The second kappa shape index (κ2) is 5.14. The van der Waals surface area contributed by atoms with E-state index in [2.05, 4.69) is 0 Å². The van der Waals surface area contributed by atoms with Gasteiger partial charge in [0.15, 0.2) is 6.10 Å². The number of hydrogen-bond acceptors (Lipinski definition) is 3. The number of rotatable bonds is 4. The van der Waals surface area contributed by atoms with Gasteiger partial charge in [-0.1, -0.05) is 0 Å². The minimum absolute atomic E-state index is 0.138. The van der Waals surface area contributed by atoms with Gasteiger partial charge in [0, 0.05) is 0 Å². The van der Waals surface area contributed by atoms with E-state index in [0.29, 0.717) is 17.1 Å². The second-order valence-corrected chi connectivity index (χ2v) is 4.18. The van der Waals surface area contributed by atoms with Crippen LogP contribution in [0.25, 0.3) is 0 Å². The molecule has 0 amide bonds. The Kier molecular flexibility index (Phi) is 3.55. The molecule has 19 heavy (non-hydrogen) atoms. The molecule has 2 rings (SSSR count). The lowest BCUT2D eigenvalue weighted by Crippen LogP contribution is -2.02. The molecule has 0 aliphatic rings. The van der Waals surface area contributed by atoms with Crippen LogP contribution in [0.3, 0.4) is 0 Å². The summed E-state index contributed by atoms with van der Waals surface area (Å²) in [5.74, 6) is -0.665. The third-order valence-electron chi connectivity index (χ3n) is 2.68. The van der Waals surface area contributed by atoms with Crippen LogP contribution >= 0.6 is 0 Å². The number of benzene rings is 1. The van der Waals surface area contributed by atoms with Gasteiger partial charge in [-0.25, -0.2) is 9.18 Å². The standard InChI is InChI=1S/C14H13FO4/c1-8-7-10(3-4-11(8)15)18-9(2)12-5-6-13(19-12)14(16)17/h3-7,9H,1-2H3,(H,16,17). The molecule has 0 fully saturated rings. The van der Waals surface area contributed by atoms with Crippen molar-refractivity contribution in [1.29, 1.82) is 0 Å². The smallest absolute Gasteiger partial charge is 0.371 e. The molecule has 1 N–H and O–H groups in total. The molecule has 1 heterocycles. The van der Waals surface area contributed by atoms with Crippen LogP contribution in [0, 0.1) is 12.7 Å². The molecule has 2 aromatic rings. The third kappa shape index (κ3) is 2.93. The van der Waals surface area contributed by atoms with Crippen molar-refractivity contribution in [1.82, 2.24) is 0 Å². The zero-order valence-corrected chi connectivity index (χ0v) is 10.5. The lowest BCUT2D eigenvalue weighted by atomic mass is 10.2. The van der Waals surface area contributed by atoms with Crippen molar-refractivity contribution in [3.8, 4) is 5.75 Å². The molecule has 0 bridgehead atoms. The number of ether oxygens (including phenoxy) is 1. The van der Waals surface area contributed by atoms with Gasteiger partial charge in [-0.3, -0.25) is 0 Å². The van der Waals surface area contributed by atoms with Crippen LogP contribution in [0.4, 0.5) is 4.39 Å². The van der Waals surface area contributed by atoms with Crippen LogP contribution in [-0.2, 0) is 0 Å². The van der Waals surface area contributed by atoms with E-state index in [4.69, 9.17) is 14.3 Å². The summed E-state index contributed by atoms with van der Waals surface area (Å²) in [7, 11) is 0. The van der Waals surface area contributed by atoms with Gasteiger partial charge in [-0.2, -0.15) is 0 Å². The number of carboxylic acid groups (broad SMARTS) is 1. The Labute approximate surface area is 109 Å². The maximum Gasteiger partial charge on any atom is 0.371 e. The Morgan fingerprint density at radius 1 is 1.37 bits per heavy atom. The highest BCUT2D eigenvalue weighted by Crippen LogP contribution is 2.24. The summed E-state index contributed by atoms with van der Waals surface area (Å²) >= 11 is 0. The quantitative estimate of drug-likeness (QED) is 0.917. The van der Waals surface area contributed by atoms with Crippen molar-refractivity contribution in [3.05, 3.63) is 53.2 Å². The van der Waals surface area contributed by atoms with E-state index in [1.165, 1.54) is 18.2 Å². The summed E-state index contributed by atoms with van der Waals surface area (Å²) in [4.78, 5) is 10.7. The highest BCUT2D eigenvalue weighted by atomic mass is 19.1. The monoisotopic (exact) mass is 264 g/mol. The number of carboxylic acids is 1. The molecule has 0 aliphatic carbocycles. The molecule has 5 heteroatoms. The molecular formula is C14H13FO4. The maximum atomic E-state index is 13.1. The van der Waals surface area contributed by atoms with Crippen LogP contribution in [0.1, 0.15) is 34.9 Å². The zero-order chi connectivity index (χ0) is 14.0. The van der Waals surface area contributed by atoms with Gasteiger partial charge in [0.25, 0.3) is 0 Å². The lowest BCUT2D eigenvalue weighted by Gasteiger charge is -2.13. The first-order valence-electron chi connectivity index (χ1n) is 5.73. The Morgan fingerprint density at radius 3 is 2.68 bits per heavy atom. The van der Waals surface area contributed by atoms with Gasteiger partial charge in [0.05, 0.1) is 0 Å². The lowest BCUT2D eigenvalue weighted by molar-refractivity contribution is 0.0655. The highest BCUT2D eigenvalue weighted by molar-refractivity contribution is 5.84. The summed E-state index contributed by atoms with van der Waals surface area (Å²) in [6.45, 7) is 3.37. The molecule has 0 spiro atoms. The van der Waals surface area contributed by atoms with Crippen molar-refractivity contribution in [2.75, 3.05) is 0 Å². The normalized spacial score (nSPS) is 12.2. The number of carbonyl (C=O) groups is 1. The van der Waals surface area contributed by atoms with Gasteiger partial charge >= 0.3 is 5.97 Å². The summed E-state index contributed by atoms with van der Waals surface area (Å²) in [5, 5.41) is 8.76. The number of aryl methyl sites for hydroxylation is 1. The average Bonchev–Trinajstić information content (AvgIpc) is 2.83. The molecule has 4 nitrogen and oxygen atoms in total. The predicted octanol–water partition coefficient (Wildman–Crippen LogP) is 3.57. The Morgan fingerprint density at radius 2 is 2.11 bits per heavy atom. The van der Waals surface area contributed by atoms with Crippen LogP contribution < -0.4 is 4.74 Å². The summed E-state index contributed by atoms with van der Waals surface area (Å²) in [6, 6.07) is 7.33. The molecule has 100 valence electrons. The maximum absolute atomic E-state index is 13.1. The van der Waals surface area contributed by atoms with Crippen molar-refractivity contribution in [2.45, 2.75) is 20.0 Å². The molecule has 0 aliphatic heterocycles. The van der Waals surface area contributed by atoms with Gasteiger partial charge in [-0.15, -0.1) is 0 Å². The predicted molar refractivity (Wildman–Crippen MR) is 65.8 cm³/mol. The van der Waals surface area contributed by atoms with E-state index < -0.39 is 12.1 Å². The Balaban J connectivity index is 2.13. The Hall–Kier alpha value is -2.30. The molecule has 1 aromatic heterocycles. The SMILES string of the molecule is Cc1cc(OC(C)c2ccc(C(=O)O)o2)ccc1F. The van der Waals surface area contributed by atoms with Gasteiger partial charge in [0.2, 0.25) is 5.76 Å². The summed E-state index contributed by atoms with van der Waals surface area (Å²) in [6.07, 6.45) is -0.460. The van der Waals surface area contributed by atoms with Crippen molar-refractivity contribution < 1.29 is 23.4 Å². The zero-order valence-electron chi connectivity index (χ0n) is 10.5. The number of aromatic carboxylic acids is 1. The van der Waals surface area contributed by atoms with E-state index in [1.807, 2.05) is 0 Å². The van der Waals surface area contributed by atoms with Gasteiger partial charge in [-0.05, 0) is 49.7 Å². The highest BCUT2D eigenvalue weighted by Gasteiger charge is 2.15. The van der Waals surface area contributed by atoms with Crippen LogP contribution in [0.5, 0.6) is 5.75 Å². The molecule has 0 radical (unpaired) electrons. The summed E-state index contributed by atoms with van der Waals surface area (Å²) < 4.78 is 23.8. The number of furan rings is 1. The topological polar surface area (TPSA) is 59.7 Å². The van der Waals surface area contributed by atoms with Crippen LogP contribution in [0.2, 0.25) is 0 Å². The molecule has 1 unspecified atom stereocenters. The number of hydrogen-bond donors (Lipinski definition) is 1. The van der Waals surface area contributed by atoms with E-state index in [0.717, 1.165) is 0 Å².